The van der Waals surface area contributed by atoms with Gasteiger partial charge in [0.1, 0.15) is 0 Å². The zero-order chi connectivity index (χ0) is 12.5. The predicted molar refractivity (Wildman–Crippen MR) is 66.1 cm³/mol. The Balaban J connectivity index is 2.28. The number of pyridine rings is 1. The molecule has 1 N–H and O–H groups in total. The standard InChI is InChI=1S/C12H17N3O2/c1-9-7-10(15(16)17)11(13-8-9)14-12(2)5-3-4-6-12/h7-8H,3-6H2,1-2H3,(H,13,14). The fourth-order valence-corrected chi connectivity index (χ4v) is 2.36. The van der Waals surface area contributed by atoms with Gasteiger partial charge in [-0.3, -0.25) is 10.1 Å². The van der Waals surface area contributed by atoms with Crippen molar-refractivity contribution in [2.45, 2.75) is 45.1 Å². The van der Waals surface area contributed by atoms with Crippen LogP contribution < -0.4 is 5.32 Å². The second kappa shape index (κ2) is 4.31. The first kappa shape index (κ1) is 11.8. The highest BCUT2D eigenvalue weighted by atomic mass is 16.6. The van der Waals surface area contributed by atoms with E-state index in [0.29, 0.717) is 5.82 Å². The molecule has 0 unspecified atom stereocenters. The monoisotopic (exact) mass is 235 g/mol. The zero-order valence-electron chi connectivity index (χ0n) is 10.2. The van der Waals surface area contributed by atoms with E-state index in [1.807, 2.05) is 0 Å². The van der Waals surface area contributed by atoms with Gasteiger partial charge in [-0.25, -0.2) is 4.98 Å². The highest BCUT2D eigenvalue weighted by Gasteiger charge is 2.31. The quantitative estimate of drug-likeness (QED) is 0.645. The molecule has 2 rings (SSSR count). The average molecular weight is 235 g/mol. The van der Waals surface area contributed by atoms with E-state index >= 15 is 0 Å². The van der Waals surface area contributed by atoms with Crippen molar-refractivity contribution in [3.8, 4) is 0 Å². The molecule has 0 saturated heterocycles. The van der Waals surface area contributed by atoms with E-state index in [1.54, 1.807) is 19.2 Å². The second-order valence-electron chi connectivity index (χ2n) is 5.03. The number of hydrogen-bond acceptors (Lipinski definition) is 4. The molecule has 1 aromatic rings. The molecule has 0 amide bonds. The van der Waals surface area contributed by atoms with Crippen LogP contribution in [0.3, 0.4) is 0 Å². The molecule has 0 aromatic carbocycles. The van der Waals surface area contributed by atoms with Gasteiger partial charge in [0, 0.05) is 17.8 Å². The Kier molecular flexibility index (Phi) is 3.00. The minimum atomic E-state index is -0.374. The van der Waals surface area contributed by atoms with Gasteiger partial charge in [0.15, 0.2) is 0 Å². The first-order valence-electron chi connectivity index (χ1n) is 5.89. The first-order valence-corrected chi connectivity index (χ1v) is 5.89. The van der Waals surface area contributed by atoms with Gasteiger partial charge in [-0.1, -0.05) is 12.8 Å². The third kappa shape index (κ3) is 2.54. The van der Waals surface area contributed by atoms with Crippen molar-refractivity contribution in [2.24, 2.45) is 0 Å². The molecule has 0 bridgehead atoms. The fraction of sp³-hybridized carbons (Fsp3) is 0.583. The van der Waals surface area contributed by atoms with Crippen LogP contribution in [0, 0.1) is 17.0 Å². The lowest BCUT2D eigenvalue weighted by molar-refractivity contribution is -0.384. The summed E-state index contributed by atoms with van der Waals surface area (Å²) >= 11 is 0. The number of nitrogens with one attached hydrogen (secondary N) is 1. The lowest BCUT2D eigenvalue weighted by atomic mass is 10.0. The van der Waals surface area contributed by atoms with E-state index < -0.39 is 0 Å². The summed E-state index contributed by atoms with van der Waals surface area (Å²) in [4.78, 5) is 14.8. The Labute approximate surface area is 100 Å². The van der Waals surface area contributed by atoms with Gasteiger partial charge >= 0.3 is 5.69 Å². The van der Waals surface area contributed by atoms with Crippen LogP contribution in [0.25, 0.3) is 0 Å². The number of aromatic nitrogens is 1. The molecule has 0 radical (unpaired) electrons. The predicted octanol–water partition coefficient (Wildman–Crippen LogP) is 3.04. The summed E-state index contributed by atoms with van der Waals surface area (Å²) in [7, 11) is 0. The van der Waals surface area contributed by atoms with E-state index in [1.165, 1.54) is 12.8 Å². The number of nitrogens with zero attached hydrogens (tertiary/aromatic N) is 2. The Bertz CT molecular complexity index is 439. The van der Waals surface area contributed by atoms with Crippen molar-refractivity contribution < 1.29 is 4.92 Å². The van der Waals surface area contributed by atoms with Gasteiger partial charge in [-0.15, -0.1) is 0 Å². The molecule has 1 fully saturated rings. The van der Waals surface area contributed by atoms with Crippen LogP contribution in [-0.2, 0) is 0 Å². The summed E-state index contributed by atoms with van der Waals surface area (Å²) < 4.78 is 0. The summed E-state index contributed by atoms with van der Waals surface area (Å²) in [6, 6.07) is 1.56. The van der Waals surface area contributed by atoms with Gasteiger partial charge in [0.05, 0.1) is 4.92 Å². The molecule has 0 spiro atoms. The number of aryl methyl sites for hydroxylation is 1. The Morgan fingerprint density at radius 3 is 2.71 bits per heavy atom. The van der Waals surface area contributed by atoms with Crippen LogP contribution in [0.2, 0.25) is 0 Å². The van der Waals surface area contributed by atoms with Crippen molar-refractivity contribution in [3.05, 3.63) is 27.9 Å². The van der Waals surface area contributed by atoms with Crippen molar-refractivity contribution in [1.82, 2.24) is 4.98 Å². The van der Waals surface area contributed by atoms with Crippen LogP contribution in [0.4, 0.5) is 11.5 Å². The fourth-order valence-electron chi connectivity index (χ4n) is 2.36. The molecule has 1 heterocycles. The third-order valence-corrected chi connectivity index (χ3v) is 3.33. The largest absolute Gasteiger partial charge is 0.359 e. The van der Waals surface area contributed by atoms with Crippen LogP contribution in [0.5, 0.6) is 0 Å². The molecule has 1 aliphatic rings. The molecule has 0 atom stereocenters. The van der Waals surface area contributed by atoms with Gasteiger partial charge in [0.25, 0.3) is 0 Å². The van der Waals surface area contributed by atoms with Crippen LogP contribution in [-0.4, -0.2) is 15.4 Å². The van der Waals surface area contributed by atoms with E-state index in [9.17, 15) is 10.1 Å². The molecule has 5 nitrogen and oxygen atoms in total. The van der Waals surface area contributed by atoms with E-state index in [4.69, 9.17) is 0 Å². The highest BCUT2D eigenvalue weighted by molar-refractivity contribution is 5.57. The number of hydrogen-bond donors (Lipinski definition) is 1. The van der Waals surface area contributed by atoms with Crippen molar-refractivity contribution in [3.63, 3.8) is 0 Å². The number of rotatable bonds is 3. The normalized spacial score (nSPS) is 18.0. The maximum atomic E-state index is 11.0. The minimum Gasteiger partial charge on any atom is -0.359 e. The van der Waals surface area contributed by atoms with Crippen LogP contribution in [0.1, 0.15) is 38.2 Å². The molecule has 5 heteroatoms. The molecule has 1 saturated carbocycles. The van der Waals surface area contributed by atoms with Gasteiger partial charge in [-0.2, -0.15) is 0 Å². The summed E-state index contributed by atoms with van der Waals surface area (Å²) in [5.41, 5.74) is 0.824. The van der Waals surface area contributed by atoms with Gasteiger partial charge in [-0.05, 0) is 32.3 Å². The van der Waals surface area contributed by atoms with Crippen molar-refractivity contribution in [1.29, 1.82) is 0 Å². The molecule has 1 aliphatic carbocycles. The third-order valence-electron chi connectivity index (χ3n) is 3.33. The first-order chi connectivity index (χ1) is 8.00. The van der Waals surface area contributed by atoms with E-state index in [2.05, 4.69) is 17.2 Å². The highest BCUT2D eigenvalue weighted by Crippen LogP contribution is 2.34. The van der Waals surface area contributed by atoms with Gasteiger partial charge in [0.2, 0.25) is 5.82 Å². The Morgan fingerprint density at radius 1 is 1.47 bits per heavy atom. The molecular formula is C12H17N3O2. The summed E-state index contributed by atoms with van der Waals surface area (Å²) in [6.45, 7) is 3.91. The molecule has 92 valence electrons. The smallest absolute Gasteiger partial charge is 0.311 e. The molecule has 17 heavy (non-hydrogen) atoms. The number of nitro groups is 1. The van der Waals surface area contributed by atoms with E-state index in [0.717, 1.165) is 18.4 Å². The van der Waals surface area contributed by atoms with Gasteiger partial charge < -0.3 is 5.32 Å². The average Bonchev–Trinajstić information content (AvgIpc) is 2.67. The maximum absolute atomic E-state index is 11.0. The molecule has 1 aromatic heterocycles. The maximum Gasteiger partial charge on any atom is 0.311 e. The number of anilines is 1. The van der Waals surface area contributed by atoms with Crippen LogP contribution in [0.15, 0.2) is 12.3 Å². The Hall–Kier alpha value is -1.65. The summed E-state index contributed by atoms with van der Waals surface area (Å²) in [5, 5.41) is 14.2. The van der Waals surface area contributed by atoms with Crippen molar-refractivity contribution in [2.75, 3.05) is 5.32 Å². The SMILES string of the molecule is Cc1cnc(NC2(C)CCCC2)c([N+](=O)[O-])c1. The molecular weight excluding hydrogens is 218 g/mol. The Morgan fingerprint density at radius 2 is 2.12 bits per heavy atom. The summed E-state index contributed by atoms with van der Waals surface area (Å²) in [6.07, 6.45) is 6.08. The summed E-state index contributed by atoms with van der Waals surface area (Å²) in [5.74, 6) is 0.394. The lowest BCUT2D eigenvalue weighted by Gasteiger charge is -2.25. The minimum absolute atomic E-state index is 0.0486. The van der Waals surface area contributed by atoms with Crippen molar-refractivity contribution >= 4 is 11.5 Å². The van der Waals surface area contributed by atoms with E-state index in [-0.39, 0.29) is 16.1 Å². The zero-order valence-corrected chi connectivity index (χ0v) is 10.2. The lowest BCUT2D eigenvalue weighted by Crippen LogP contribution is -2.31. The topological polar surface area (TPSA) is 68.1 Å². The second-order valence-corrected chi connectivity index (χ2v) is 5.03. The molecule has 0 aliphatic heterocycles. The van der Waals surface area contributed by atoms with Crippen LogP contribution >= 0.6 is 0 Å².